The fraction of sp³-hybridized carbons (Fsp3) is 0.276. The van der Waals surface area contributed by atoms with Gasteiger partial charge in [-0.05, 0) is 49.2 Å². The van der Waals surface area contributed by atoms with E-state index in [0.717, 1.165) is 18.4 Å². The lowest BCUT2D eigenvalue weighted by molar-refractivity contribution is 0.0676. The summed E-state index contributed by atoms with van der Waals surface area (Å²) in [5.74, 6) is 1.09. The van der Waals surface area contributed by atoms with Crippen molar-refractivity contribution in [2.75, 3.05) is 13.7 Å². The van der Waals surface area contributed by atoms with Gasteiger partial charge in [0, 0.05) is 12.1 Å². The Hall–Kier alpha value is -3.93. The van der Waals surface area contributed by atoms with Crippen LogP contribution in [0.25, 0.3) is 10.9 Å². The Balaban J connectivity index is 1.82. The Bertz CT molecular complexity index is 1360. The van der Waals surface area contributed by atoms with Crippen LogP contribution in [0.3, 0.4) is 0 Å². The average molecular weight is 470 g/mol. The van der Waals surface area contributed by atoms with Crippen LogP contribution in [-0.4, -0.2) is 34.0 Å². The van der Waals surface area contributed by atoms with E-state index in [9.17, 15) is 9.59 Å². The van der Waals surface area contributed by atoms with Crippen LogP contribution in [0, 0.1) is 0 Å². The largest absolute Gasteiger partial charge is 0.497 e. The molecule has 3 aromatic carbocycles. The number of aromatic nitrogens is 2. The number of methoxy groups -OCH3 is 1. The highest BCUT2D eigenvalue weighted by Gasteiger charge is 2.27. The fourth-order valence-corrected chi connectivity index (χ4v) is 4.28. The maximum absolute atomic E-state index is 13.7. The van der Waals surface area contributed by atoms with Crippen molar-refractivity contribution in [2.45, 2.75) is 39.3 Å². The first-order valence-corrected chi connectivity index (χ1v) is 12.0. The molecule has 35 heavy (non-hydrogen) atoms. The molecule has 1 atom stereocenters. The van der Waals surface area contributed by atoms with Crippen LogP contribution in [0.15, 0.2) is 83.7 Å². The molecule has 0 radical (unpaired) electrons. The summed E-state index contributed by atoms with van der Waals surface area (Å²) in [6.45, 7) is 4.98. The van der Waals surface area contributed by atoms with E-state index in [-0.39, 0.29) is 11.5 Å². The van der Waals surface area contributed by atoms with Gasteiger partial charge in [0.2, 0.25) is 0 Å². The van der Waals surface area contributed by atoms with Crippen molar-refractivity contribution in [1.29, 1.82) is 0 Å². The molecule has 4 aromatic rings. The molecule has 180 valence electrons. The topological polar surface area (TPSA) is 64.4 Å². The van der Waals surface area contributed by atoms with Crippen molar-refractivity contribution in [3.63, 3.8) is 0 Å². The Morgan fingerprint density at radius 3 is 2.51 bits per heavy atom. The van der Waals surface area contributed by atoms with Gasteiger partial charge in [-0.1, -0.05) is 61.9 Å². The number of nitrogens with zero attached hydrogens (tertiary/aromatic N) is 3. The molecule has 6 nitrogen and oxygen atoms in total. The Kier molecular flexibility index (Phi) is 7.60. The molecule has 0 aliphatic rings. The molecule has 1 unspecified atom stereocenters. The molecule has 1 amide bonds. The number of amides is 1. The maximum Gasteiger partial charge on any atom is 0.261 e. The summed E-state index contributed by atoms with van der Waals surface area (Å²) in [6.07, 6.45) is 1.78. The molecule has 1 heterocycles. The van der Waals surface area contributed by atoms with Crippen LogP contribution in [0.1, 0.15) is 54.5 Å². The van der Waals surface area contributed by atoms with Crippen LogP contribution < -0.4 is 10.3 Å². The van der Waals surface area contributed by atoms with Crippen LogP contribution in [-0.2, 0) is 6.54 Å². The standard InChI is InChI=1S/C29H31N3O3/c1-4-5-18-31(28(33)23-14-11-15-24(19-23)35-3)21(2)27-30-26-17-10-9-16-25(26)29(34)32(27)20-22-12-7-6-8-13-22/h6-17,19,21H,4-5,18,20H2,1-3H3. The van der Waals surface area contributed by atoms with Crippen LogP contribution in [0.4, 0.5) is 0 Å². The zero-order valence-electron chi connectivity index (χ0n) is 20.5. The van der Waals surface area contributed by atoms with E-state index >= 15 is 0 Å². The predicted molar refractivity (Wildman–Crippen MR) is 139 cm³/mol. The SMILES string of the molecule is CCCCN(C(=O)c1cccc(OC)c1)C(C)c1nc2ccccc2c(=O)n1Cc1ccccc1. The maximum atomic E-state index is 13.7. The van der Waals surface area contributed by atoms with Crippen molar-refractivity contribution in [2.24, 2.45) is 0 Å². The molecule has 1 aromatic heterocycles. The number of hydrogen-bond donors (Lipinski definition) is 0. The summed E-state index contributed by atoms with van der Waals surface area (Å²) < 4.78 is 7.04. The summed E-state index contributed by atoms with van der Waals surface area (Å²) in [6, 6.07) is 24.0. The minimum absolute atomic E-state index is 0.106. The zero-order chi connectivity index (χ0) is 24.8. The molecule has 6 heteroatoms. The number of unbranched alkanes of at least 4 members (excludes halogenated alkanes) is 1. The van der Waals surface area contributed by atoms with Crippen LogP contribution in [0.2, 0.25) is 0 Å². The molecular weight excluding hydrogens is 438 g/mol. The number of para-hydroxylation sites is 1. The lowest BCUT2D eigenvalue weighted by Gasteiger charge is -2.31. The van der Waals surface area contributed by atoms with Gasteiger partial charge in [-0.15, -0.1) is 0 Å². The number of carbonyl (C=O) groups excluding carboxylic acids is 1. The first-order valence-electron chi connectivity index (χ1n) is 12.0. The second-order valence-electron chi connectivity index (χ2n) is 8.62. The first kappa shape index (κ1) is 24.2. The molecule has 0 saturated carbocycles. The third-order valence-corrected chi connectivity index (χ3v) is 6.25. The van der Waals surface area contributed by atoms with Gasteiger partial charge >= 0.3 is 0 Å². The zero-order valence-corrected chi connectivity index (χ0v) is 20.5. The quantitative estimate of drug-likeness (QED) is 0.327. The van der Waals surface area contributed by atoms with E-state index in [1.807, 2.05) is 72.5 Å². The lowest BCUT2D eigenvalue weighted by Crippen LogP contribution is -2.38. The Labute approximate surface area is 205 Å². The van der Waals surface area contributed by atoms with Crippen molar-refractivity contribution in [3.05, 3.63) is 106 Å². The van der Waals surface area contributed by atoms with E-state index in [1.54, 1.807) is 29.9 Å². The van der Waals surface area contributed by atoms with Crippen molar-refractivity contribution >= 4 is 16.8 Å². The number of ether oxygens (including phenoxy) is 1. The molecule has 0 aliphatic carbocycles. The highest BCUT2D eigenvalue weighted by atomic mass is 16.5. The normalized spacial score (nSPS) is 11.9. The van der Waals surface area contributed by atoms with Gasteiger partial charge in [-0.2, -0.15) is 0 Å². The van der Waals surface area contributed by atoms with Crippen molar-refractivity contribution in [1.82, 2.24) is 14.5 Å². The minimum atomic E-state index is -0.415. The molecule has 0 aliphatic heterocycles. The summed E-state index contributed by atoms with van der Waals surface area (Å²) in [5.41, 5.74) is 2.07. The van der Waals surface area contributed by atoms with Gasteiger partial charge < -0.3 is 9.64 Å². The van der Waals surface area contributed by atoms with E-state index in [4.69, 9.17) is 9.72 Å². The third kappa shape index (κ3) is 5.27. The number of benzene rings is 3. The van der Waals surface area contributed by atoms with Gasteiger partial charge in [-0.3, -0.25) is 14.2 Å². The van der Waals surface area contributed by atoms with Crippen molar-refractivity contribution in [3.8, 4) is 5.75 Å². The van der Waals surface area contributed by atoms with Gasteiger partial charge in [0.05, 0.1) is 30.6 Å². The summed E-state index contributed by atoms with van der Waals surface area (Å²) in [5, 5.41) is 0.568. The van der Waals surface area contributed by atoms with E-state index < -0.39 is 6.04 Å². The van der Waals surface area contributed by atoms with E-state index in [1.165, 1.54) is 0 Å². The predicted octanol–water partition coefficient (Wildman–Crippen LogP) is 5.46. The Morgan fingerprint density at radius 2 is 1.77 bits per heavy atom. The number of fused-ring (bicyclic) bond motifs is 1. The van der Waals surface area contributed by atoms with Gasteiger partial charge in [0.15, 0.2) is 0 Å². The Morgan fingerprint density at radius 1 is 1.03 bits per heavy atom. The lowest BCUT2D eigenvalue weighted by atomic mass is 10.1. The van der Waals surface area contributed by atoms with Gasteiger partial charge in [0.1, 0.15) is 11.6 Å². The third-order valence-electron chi connectivity index (χ3n) is 6.25. The van der Waals surface area contributed by atoms with Crippen LogP contribution in [0.5, 0.6) is 5.75 Å². The smallest absolute Gasteiger partial charge is 0.261 e. The molecular formula is C29H31N3O3. The number of hydrogen-bond acceptors (Lipinski definition) is 4. The summed E-state index contributed by atoms with van der Waals surface area (Å²) in [4.78, 5) is 34.1. The summed E-state index contributed by atoms with van der Waals surface area (Å²) in [7, 11) is 1.59. The monoisotopic (exact) mass is 469 g/mol. The van der Waals surface area contributed by atoms with E-state index in [2.05, 4.69) is 6.92 Å². The van der Waals surface area contributed by atoms with Gasteiger partial charge in [0.25, 0.3) is 11.5 Å². The first-order chi connectivity index (χ1) is 17.0. The highest BCUT2D eigenvalue weighted by Crippen LogP contribution is 2.25. The molecule has 0 bridgehead atoms. The van der Waals surface area contributed by atoms with Crippen molar-refractivity contribution < 1.29 is 9.53 Å². The highest BCUT2D eigenvalue weighted by molar-refractivity contribution is 5.95. The molecule has 4 rings (SSSR count). The molecule has 0 spiro atoms. The van der Waals surface area contributed by atoms with Gasteiger partial charge in [-0.25, -0.2) is 4.98 Å². The van der Waals surface area contributed by atoms with Crippen LogP contribution >= 0.6 is 0 Å². The molecule has 0 saturated heterocycles. The average Bonchev–Trinajstić information content (AvgIpc) is 2.90. The van der Waals surface area contributed by atoms with E-state index in [0.29, 0.717) is 41.1 Å². The second kappa shape index (κ2) is 11.0. The number of carbonyl (C=O) groups is 1. The molecule has 0 N–H and O–H groups in total. The fourth-order valence-electron chi connectivity index (χ4n) is 4.28. The second-order valence-corrected chi connectivity index (χ2v) is 8.62. The minimum Gasteiger partial charge on any atom is -0.497 e. The number of rotatable bonds is 9. The summed E-state index contributed by atoms with van der Waals surface area (Å²) >= 11 is 0. The molecule has 0 fully saturated rings.